The minimum absolute atomic E-state index is 0.249. The molecule has 0 saturated carbocycles. The van der Waals surface area contributed by atoms with Gasteiger partial charge in [-0.3, -0.25) is 0 Å². The Morgan fingerprint density at radius 3 is 2.33 bits per heavy atom. The zero-order valence-corrected chi connectivity index (χ0v) is 11.6. The summed E-state index contributed by atoms with van der Waals surface area (Å²) in [6.07, 6.45) is 0. The highest BCUT2D eigenvalue weighted by Gasteiger charge is 2.09. The van der Waals surface area contributed by atoms with Crippen molar-refractivity contribution >= 4 is 17.8 Å². The maximum atomic E-state index is 5.70. The van der Waals surface area contributed by atoms with Gasteiger partial charge in [0, 0.05) is 26.2 Å². The second-order valence-corrected chi connectivity index (χ2v) is 4.22. The Kier molecular flexibility index (Phi) is 5.57. The maximum absolute atomic E-state index is 5.70. The van der Waals surface area contributed by atoms with E-state index in [2.05, 4.69) is 39.0 Å². The van der Waals surface area contributed by atoms with Crippen LogP contribution in [0.2, 0.25) is 0 Å². The second-order valence-electron chi connectivity index (χ2n) is 4.22. The van der Waals surface area contributed by atoms with E-state index in [4.69, 9.17) is 5.73 Å². The number of nitrogens with two attached hydrogens (primary N) is 1. The van der Waals surface area contributed by atoms with Gasteiger partial charge in [-0.05, 0) is 27.9 Å². The largest absolute Gasteiger partial charge is 0.368 e. The fraction of sp³-hybridized carbons (Fsp3) is 0.727. The molecule has 102 valence electrons. The minimum Gasteiger partial charge on any atom is -0.368 e. The van der Waals surface area contributed by atoms with Crippen molar-refractivity contribution in [3.05, 3.63) is 0 Å². The Hall–Kier alpha value is -1.63. The van der Waals surface area contributed by atoms with Gasteiger partial charge in [-0.1, -0.05) is 0 Å². The molecule has 1 aromatic rings. The van der Waals surface area contributed by atoms with Gasteiger partial charge in [0.2, 0.25) is 17.8 Å². The molecule has 0 amide bonds. The summed E-state index contributed by atoms with van der Waals surface area (Å²) in [7, 11) is 4.04. The van der Waals surface area contributed by atoms with E-state index in [1.807, 2.05) is 19.0 Å². The second kappa shape index (κ2) is 6.95. The molecule has 0 radical (unpaired) electrons. The predicted molar refractivity (Wildman–Crippen MR) is 74.8 cm³/mol. The summed E-state index contributed by atoms with van der Waals surface area (Å²) < 4.78 is 0. The summed E-state index contributed by atoms with van der Waals surface area (Å²) in [5.41, 5.74) is 5.70. The van der Waals surface area contributed by atoms with Crippen LogP contribution in [-0.2, 0) is 0 Å². The van der Waals surface area contributed by atoms with Crippen LogP contribution in [0.15, 0.2) is 0 Å². The fourth-order valence-corrected chi connectivity index (χ4v) is 1.50. The van der Waals surface area contributed by atoms with Crippen LogP contribution >= 0.6 is 0 Å². The Morgan fingerprint density at radius 2 is 1.78 bits per heavy atom. The number of hydrogen-bond donors (Lipinski definition) is 2. The van der Waals surface area contributed by atoms with Gasteiger partial charge in [-0.15, -0.1) is 0 Å². The van der Waals surface area contributed by atoms with Crippen LogP contribution in [0.5, 0.6) is 0 Å². The summed E-state index contributed by atoms with van der Waals surface area (Å²) in [6, 6.07) is 0. The molecule has 3 N–H and O–H groups in total. The molecule has 0 aliphatic heterocycles. The van der Waals surface area contributed by atoms with Crippen LogP contribution in [-0.4, -0.2) is 60.1 Å². The van der Waals surface area contributed by atoms with E-state index in [1.54, 1.807) is 0 Å². The highest BCUT2D eigenvalue weighted by atomic mass is 15.3. The highest BCUT2D eigenvalue weighted by Crippen LogP contribution is 2.11. The quantitative estimate of drug-likeness (QED) is 0.721. The van der Waals surface area contributed by atoms with Crippen LogP contribution in [0.3, 0.4) is 0 Å². The van der Waals surface area contributed by atoms with Crippen molar-refractivity contribution in [3.63, 3.8) is 0 Å². The number of hydrogen-bond acceptors (Lipinski definition) is 7. The van der Waals surface area contributed by atoms with E-state index in [1.165, 1.54) is 0 Å². The van der Waals surface area contributed by atoms with E-state index in [0.717, 1.165) is 26.2 Å². The molecule has 0 spiro atoms. The van der Waals surface area contributed by atoms with Crippen molar-refractivity contribution in [2.75, 3.05) is 56.2 Å². The van der Waals surface area contributed by atoms with Gasteiger partial charge in [-0.2, -0.15) is 15.0 Å². The number of nitrogens with zero attached hydrogens (tertiary/aromatic N) is 5. The van der Waals surface area contributed by atoms with Gasteiger partial charge in [0.05, 0.1) is 0 Å². The summed E-state index contributed by atoms with van der Waals surface area (Å²) >= 11 is 0. The number of nitrogens with one attached hydrogen (secondary N) is 1. The standard InChI is InChI=1S/C11H23N7/c1-5-18(6-2)11-15-9(12)14-10(16-11)13-7-8-17(3)4/h5-8H2,1-4H3,(H3,12,13,14,15,16). The van der Waals surface area contributed by atoms with Gasteiger partial charge in [0.15, 0.2) is 0 Å². The average Bonchev–Trinajstić information content (AvgIpc) is 2.29. The summed E-state index contributed by atoms with van der Waals surface area (Å²) in [5.74, 6) is 1.41. The van der Waals surface area contributed by atoms with Crippen LogP contribution < -0.4 is 16.0 Å². The minimum atomic E-state index is 0.249. The first-order chi connectivity index (χ1) is 8.56. The molecule has 0 fully saturated rings. The molecule has 0 bridgehead atoms. The third-order valence-corrected chi connectivity index (χ3v) is 2.53. The normalized spacial score (nSPS) is 10.7. The number of nitrogen functional groups attached to an aromatic ring is 1. The molecule has 1 heterocycles. The van der Waals surface area contributed by atoms with Crippen molar-refractivity contribution in [1.82, 2.24) is 19.9 Å². The van der Waals surface area contributed by atoms with Gasteiger partial charge in [-0.25, -0.2) is 0 Å². The third-order valence-electron chi connectivity index (χ3n) is 2.53. The van der Waals surface area contributed by atoms with E-state index in [-0.39, 0.29) is 5.95 Å². The Bertz CT molecular complexity index is 362. The molecule has 0 unspecified atom stereocenters. The lowest BCUT2D eigenvalue weighted by atomic mass is 10.5. The lowest BCUT2D eigenvalue weighted by Gasteiger charge is -2.19. The van der Waals surface area contributed by atoms with Gasteiger partial charge < -0.3 is 20.9 Å². The molecule has 0 aliphatic carbocycles. The summed E-state index contributed by atoms with van der Waals surface area (Å²) in [4.78, 5) is 16.7. The molecule has 0 atom stereocenters. The van der Waals surface area contributed by atoms with Crippen LogP contribution in [0, 0.1) is 0 Å². The molecule has 7 nitrogen and oxygen atoms in total. The molecular formula is C11H23N7. The smallest absolute Gasteiger partial charge is 0.231 e. The monoisotopic (exact) mass is 253 g/mol. The predicted octanol–water partition coefficient (Wildman–Crippen LogP) is 0.274. The first-order valence-electron chi connectivity index (χ1n) is 6.21. The van der Waals surface area contributed by atoms with Crippen molar-refractivity contribution in [2.24, 2.45) is 0 Å². The van der Waals surface area contributed by atoms with E-state index in [0.29, 0.717) is 11.9 Å². The Balaban J connectivity index is 2.74. The van der Waals surface area contributed by atoms with E-state index >= 15 is 0 Å². The number of aromatic nitrogens is 3. The zero-order chi connectivity index (χ0) is 13.5. The summed E-state index contributed by atoms with van der Waals surface area (Å²) in [6.45, 7) is 7.49. The van der Waals surface area contributed by atoms with Crippen molar-refractivity contribution in [2.45, 2.75) is 13.8 Å². The molecule has 18 heavy (non-hydrogen) atoms. The van der Waals surface area contributed by atoms with E-state index in [9.17, 15) is 0 Å². The SMILES string of the molecule is CCN(CC)c1nc(N)nc(NCCN(C)C)n1. The first-order valence-corrected chi connectivity index (χ1v) is 6.21. The third kappa shape index (κ3) is 4.33. The molecule has 1 rings (SSSR count). The molecule has 0 aliphatic rings. The Morgan fingerprint density at radius 1 is 1.11 bits per heavy atom. The van der Waals surface area contributed by atoms with Gasteiger partial charge >= 0.3 is 0 Å². The molecular weight excluding hydrogens is 230 g/mol. The van der Waals surface area contributed by atoms with Crippen LogP contribution in [0.1, 0.15) is 13.8 Å². The lowest BCUT2D eigenvalue weighted by Crippen LogP contribution is -2.26. The number of rotatable bonds is 7. The molecule has 7 heteroatoms. The van der Waals surface area contributed by atoms with Crippen molar-refractivity contribution in [1.29, 1.82) is 0 Å². The van der Waals surface area contributed by atoms with Crippen molar-refractivity contribution in [3.8, 4) is 0 Å². The topological polar surface area (TPSA) is 83.2 Å². The Labute approximate surface area is 108 Å². The zero-order valence-electron chi connectivity index (χ0n) is 11.6. The maximum Gasteiger partial charge on any atom is 0.231 e. The lowest BCUT2D eigenvalue weighted by molar-refractivity contribution is 0.425. The molecule has 0 aromatic carbocycles. The molecule has 0 saturated heterocycles. The summed E-state index contributed by atoms with van der Waals surface area (Å²) in [5, 5.41) is 3.15. The number of anilines is 3. The molecule has 1 aromatic heterocycles. The van der Waals surface area contributed by atoms with Crippen LogP contribution in [0.25, 0.3) is 0 Å². The number of likely N-dealkylation sites (N-methyl/N-ethyl adjacent to an activating group) is 1. The van der Waals surface area contributed by atoms with Gasteiger partial charge in [0.1, 0.15) is 0 Å². The van der Waals surface area contributed by atoms with Crippen LogP contribution in [0.4, 0.5) is 17.8 Å². The first kappa shape index (κ1) is 14.4. The van der Waals surface area contributed by atoms with Crippen molar-refractivity contribution < 1.29 is 0 Å². The highest BCUT2D eigenvalue weighted by molar-refractivity contribution is 5.41. The van der Waals surface area contributed by atoms with Gasteiger partial charge in [0.25, 0.3) is 0 Å². The van der Waals surface area contributed by atoms with E-state index < -0.39 is 0 Å². The fourth-order valence-electron chi connectivity index (χ4n) is 1.50. The average molecular weight is 253 g/mol.